The van der Waals surface area contributed by atoms with E-state index in [1.807, 2.05) is 30.3 Å². The first kappa shape index (κ1) is 20.8. The van der Waals surface area contributed by atoms with Gasteiger partial charge in [0.25, 0.3) is 5.91 Å². The van der Waals surface area contributed by atoms with E-state index in [2.05, 4.69) is 4.90 Å². The highest BCUT2D eigenvalue weighted by molar-refractivity contribution is 6.03. The molecule has 0 radical (unpaired) electrons. The summed E-state index contributed by atoms with van der Waals surface area (Å²) in [6.45, 7) is 4.65. The highest BCUT2D eigenvalue weighted by atomic mass is 16.5. The third-order valence-corrected chi connectivity index (χ3v) is 4.83. The molecule has 1 aliphatic rings. The van der Waals surface area contributed by atoms with Gasteiger partial charge < -0.3 is 14.4 Å². The van der Waals surface area contributed by atoms with Gasteiger partial charge in [0, 0.05) is 37.9 Å². The minimum Gasteiger partial charge on any atom is -0.465 e. The SMILES string of the molecule is COC(=O)c1ccc(/C=C/C(=O)N(CCN2CCOCC2)c2ccccc2)cc1. The Hall–Kier alpha value is -2.96. The molecule has 1 amide bonds. The molecule has 0 bridgehead atoms. The maximum absolute atomic E-state index is 12.9. The van der Waals surface area contributed by atoms with Crippen LogP contribution >= 0.6 is 0 Å². The Kier molecular flexibility index (Phi) is 7.55. The summed E-state index contributed by atoms with van der Waals surface area (Å²) in [6, 6.07) is 16.6. The molecule has 29 heavy (non-hydrogen) atoms. The fourth-order valence-corrected chi connectivity index (χ4v) is 3.15. The van der Waals surface area contributed by atoms with E-state index in [0.29, 0.717) is 12.1 Å². The van der Waals surface area contributed by atoms with Crippen LogP contribution in [-0.4, -0.2) is 63.3 Å². The number of para-hydroxylation sites is 1. The van der Waals surface area contributed by atoms with Crippen LogP contribution in [0.15, 0.2) is 60.7 Å². The average molecular weight is 394 g/mol. The van der Waals surface area contributed by atoms with Crippen molar-refractivity contribution in [1.82, 2.24) is 4.90 Å². The molecule has 0 unspecified atom stereocenters. The van der Waals surface area contributed by atoms with Crippen molar-refractivity contribution in [1.29, 1.82) is 0 Å². The number of hydrogen-bond donors (Lipinski definition) is 0. The normalized spacial score (nSPS) is 14.7. The molecule has 0 atom stereocenters. The molecule has 152 valence electrons. The second kappa shape index (κ2) is 10.5. The van der Waals surface area contributed by atoms with E-state index < -0.39 is 0 Å². The second-order valence-electron chi connectivity index (χ2n) is 6.73. The third-order valence-electron chi connectivity index (χ3n) is 4.83. The zero-order valence-electron chi connectivity index (χ0n) is 16.6. The Morgan fingerprint density at radius 2 is 1.76 bits per heavy atom. The van der Waals surface area contributed by atoms with Crippen molar-refractivity contribution in [2.45, 2.75) is 0 Å². The Morgan fingerprint density at radius 1 is 1.07 bits per heavy atom. The van der Waals surface area contributed by atoms with Crippen LogP contribution in [0, 0.1) is 0 Å². The molecule has 1 fully saturated rings. The molecule has 2 aromatic carbocycles. The van der Waals surface area contributed by atoms with Crippen molar-refractivity contribution in [2.24, 2.45) is 0 Å². The highest BCUT2D eigenvalue weighted by Crippen LogP contribution is 2.15. The third kappa shape index (κ3) is 6.01. The highest BCUT2D eigenvalue weighted by Gasteiger charge is 2.16. The number of anilines is 1. The lowest BCUT2D eigenvalue weighted by Gasteiger charge is -2.29. The summed E-state index contributed by atoms with van der Waals surface area (Å²) in [5, 5.41) is 0. The largest absolute Gasteiger partial charge is 0.465 e. The van der Waals surface area contributed by atoms with E-state index in [1.54, 1.807) is 41.3 Å². The number of carbonyl (C=O) groups is 2. The number of methoxy groups -OCH3 is 1. The zero-order chi connectivity index (χ0) is 20.5. The Morgan fingerprint density at radius 3 is 2.41 bits per heavy atom. The minimum atomic E-state index is -0.380. The number of carbonyl (C=O) groups excluding carboxylic acids is 2. The maximum atomic E-state index is 12.9. The van der Waals surface area contributed by atoms with Crippen molar-refractivity contribution >= 4 is 23.6 Å². The Bertz CT molecular complexity index is 828. The molecule has 3 rings (SSSR count). The summed E-state index contributed by atoms with van der Waals surface area (Å²) >= 11 is 0. The van der Waals surface area contributed by atoms with Gasteiger partial charge >= 0.3 is 5.97 Å². The number of nitrogens with zero attached hydrogens (tertiary/aromatic N) is 2. The molecule has 0 N–H and O–H groups in total. The quantitative estimate of drug-likeness (QED) is 0.534. The molecule has 1 saturated heterocycles. The molecule has 0 saturated carbocycles. The molecular weight excluding hydrogens is 368 g/mol. The lowest BCUT2D eigenvalue weighted by Crippen LogP contribution is -2.42. The molecular formula is C23H26N2O4. The molecule has 6 nitrogen and oxygen atoms in total. The van der Waals surface area contributed by atoms with Gasteiger partial charge in [0.05, 0.1) is 25.9 Å². The predicted octanol–water partition coefficient (Wildman–Crippen LogP) is 2.85. The summed E-state index contributed by atoms with van der Waals surface area (Å²) in [5.74, 6) is -0.462. The van der Waals surface area contributed by atoms with Crippen LogP contribution < -0.4 is 4.90 Å². The number of esters is 1. The zero-order valence-corrected chi connectivity index (χ0v) is 16.6. The molecule has 1 aliphatic heterocycles. The molecule has 0 aromatic heterocycles. The van der Waals surface area contributed by atoms with Crippen LogP contribution in [0.2, 0.25) is 0 Å². The lowest BCUT2D eigenvalue weighted by molar-refractivity contribution is -0.114. The van der Waals surface area contributed by atoms with Crippen LogP contribution in [0.25, 0.3) is 6.08 Å². The number of morpholine rings is 1. The van der Waals surface area contributed by atoms with Gasteiger partial charge in [0.15, 0.2) is 0 Å². The lowest BCUT2D eigenvalue weighted by atomic mass is 10.1. The van der Waals surface area contributed by atoms with Gasteiger partial charge in [-0.1, -0.05) is 30.3 Å². The van der Waals surface area contributed by atoms with E-state index in [0.717, 1.165) is 44.1 Å². The summed E-state index contributed by atoms with van der Waals surface area (Å²) in [7, 11) is 1.35. The first-order chi connectivity index (χ1) is 14.2. The van der Waals surface area contributed by atoms with Gasteiger partial charge in [-0.2, -0.15) is 0 Å². The fourth-order valence-electron chi connectivity index (χ4n) is 3.15. The van der Waals surface area contributed by atoms with Gasteiger partial charge in [-0.15, -0.1) is 0 Å². The fraction of sp³-hybridized carbons (Fsp3) is 0.304. The molecule has 6 heteroatoms. The van der Waals surface area contributed by atoms with Gasteiger partial charge in [-0.25, -0.2) is 4.79 Å². The van der Waals surface area contributed by atoms with Crippen LogP contribution in [0.4, 0.5) is 5.69 Å². The van der Waals surface area contributed by atoms with Gasteiger partial charge in [0.1, 0.15) is 0 Å². The summed E-state index contributed by atoms with van der Waals surface area (Å²) in [5.41, 5.74) is 2.19. The van der Waals surface area contributed by atoms with Crippen LogP contribution in [0.5, 0.6) is 0 Å². The second-order valence-corrected chi connectivity index (χ2v) is 6.73. The van der Waals surface area contributed by atoms with Crippen molar-refractivity contribution in [2.75, 3.05) is 51.4 Å². The van der Waals surface area contributed by atoms with Gasteiger partial charge in [-0.3, -0.25) is 9.69 Å². The van der Waals surface area contributed by atoms with E-state index in [9.17, 15) is 9.59 Å². The predicted molar refractivity (Wildman–Crippen MR) is 113 cm³/mol. The number of amides is 1. The minimum absolute atomic E-state index is 0.0819. The Balaban J connectivity index is 1.68. The van der Waals surface area contributed by atoms with E-state index in [1.165, 1.54) is 7.11 Å². The van der Waals surface area contributed by atoms with Gasteiger partial charge in [0.2, 0.25) is 0 Å². The van der Waals surface area contributed by atoms with Gasteiger partial charge in [-0.05, 0) is 35.9 Å². The smallest absolute Gasteiger partial charge is 0.337 e. The molecule has 1 heterocycles. The van der Waals surface area contributed by atoms with Crippen molar-refractivity contribution < 1.29 is 19.1 Å². The van der Waals surface area contributed by atoms with Crippen molar-refractivity contribution in [3.8, 4) is 0 Å². The summed E-state index contributed by atoms with van der Waals surface area (Å²) < 4.78 is 10.1. The number of rotatable bonds is 7. The molecule has 0 spiro atoms. The molecule has 0 aliphatic carbocycles. The van der Waals surface area contributed by atoms with Crippen molar-refractivity contribution in [3.63, 3.8) is 0 Å². The number of hydrogen-bond acceptors (Lipinski definition) is 5. The summed E-state index contributed by atoms with van der Waals surface area (Å²) in [4.78, 5) is 28.6. The van der Waals surface area contributed by atoms with E-state index >= 15 is 0 Å². The topological polar surface area (TPSA) is 59.1 Å². The average Bonchev–Trinajstić information content (AvgIpc) is 2.79. The van der Waals surface area contributed by atoms with Crippen LogP contribution in [-0.2, 0) is 14.3 Å². The van der Waals surface area contributed by atoms with Crippen LogP contribution in [0.3, 0.4) is 0 Å². The number of benzene rings is 2. The summed E-state index contributed by atoms with van der Waals surface area (Å²) in [6.07, 6.45) is 3.33. The van der Waals surface area contributed by atoms with Crippen LogP contribution in [0.1, 0.15) is 15.9 Å². The Labute approximate surface area is 171 Å². The molecule has 2 aromatic rings. The van der Waals surface area contributed by atoms with E-state index in [4.69, 9.17) is 9.47 Å². The van der Waals surface area contributed by atoms with Crippen molar-refractivity contribution in [3.05, 3.63) is 71.8 Å². The van der Waals surface area contributed by atoms with E-state index in [-0.39, 0.29) is 11.9 Å². The standard InChI is InChI=1S/C23H26N2O4/c1-28-23(27)20-10-7-19(8-11-20)9-12-22(26)25(21-5-3-2-4-6-21)14-13-24-15-17-29-18-16-24/h2-12H,13-18H2,1H3/b12-9+. The monoisotopic (exact) mass is 394 g/mol. The number of ether oxygens (including phenoxy) is 2. The first-order valence-corrected chi connectivity index (χ1v) is 9.70. The first-order valence-electron chi connectivity index (χ1n) is 9.70. The maximum Gasteiger partial charge on any atom is 0.337 e.